The molecule has 1 aromatic carbocycles. The van der Waals surface area contributed by atoms with Gasteiger partial charge in [-0.25, -0.2) is 0 Å². The van der Waals surface area contributed by atoms with E-state index in [9.17, 15) is 20.0 Å². The summed E-state index contributed by atoms with van der Waals surface area (Å²) in [5.41, 5.74) is -0.184. The Hall–Kier alpha value is -1.95. The topological polar surface area (TPSA) is 92.5 Å². The van der Waals surface area contributed by atoms with Crippen molar-refractivity contribution in [2.24, 2.45) is 5.92 Å². The normalized spacial score (nSPS) is 12.2. The number of benzene rings is 1. The van der Waals surface area contributed by atoms with Crippen molar-refractivity contribution >= 4 is 11.6 Å². The smallest absolute Gasteiger partial charge is 0.282 e. The number of nitro benzene ring substituents is 1. The minimum absolute atomic E-state index is 0.0338. The molecule has 1 unspecified atom stereocenters. The molecule has 0 aliphatic rings. The molecule has 2 N–H and O–H groups in total. The molecule has 0 saturated heterocycles. The Bertz CT molecular complexity index is 460. The summed E-state index contributed by atoms with van der Waals surface area (Å²) in [7, 11) is 0. The van der Waals surface area contributed by atoms with E-state index >= 15 is 0 Å². The maximum absolute atomic E-state index is 11.8. The molecule has 1 rings (SSSR count). The van der Waals surface area contributed by atoms with Gasteiger partial charge in [0.2, 0.25) is 0 Å². The molecule has 1 amide bonds. The monoisotopic (exact) mass is 266 g/mol. The lowest BCUT2D eigenvalue weighted by atomic mass is 10.0. The average molecular weight is 266 g/mol. The van der Waals surface area contributed by atoms with Crippen molar-refractivity contribution in [3.63, 3.8) is 0 Å². The predicted octanol–water partition coefficient (Wildman–Crippen LogP) is 1.73. The first-order valence-corrected chi connectivity index (χ1v) is 6.13. The number of amides is 1. The number of rotatable bonds is 6. The summed E-state index contributed by atoms with van der Waals surface area (Å²) in [4.78, 5) is 22.0. The molecule has 0 aromatic heterocycles. The number of carbonyl (C=O) groups is 1. The molecule has 0 radical (unpaired) electrons. The van der Waals surface area contributed by atoms with Gasteiger partial charge in [-0.1, -0.05) is 26.0 Å². The highest BCUT2D eigenvalue weighted by molar-refractivity contribution is 5.98. The van der Waals surface area contributed by atoms with Crippen LogP contribution in [0.2, 0.25) is 0 Å². The standard InChI is InChI=1S/C13H18N2O4/c1-9(2)12(16)7-8-14-13(17)10-5-3-4-6-11(10)15(18)19/h3-6,9,12,16H,7-8H2,1-2H3,(H,14,17). The van der Waals surface area contributed by atoms with Crippen LogP contribution in [0.25, 0.3) is 0 Å². The second kappa shape index (κ2) is 6.84. The third kappa shape index (κ3) is 4.33. The fourth-order valence-electron chi connectivity index (χ4n) is 1.59. The maximum atomic E-state index is 11.8. The minimum Gasteiger partial charge on any atom is -0.393 e. The average Bonchev–Trinajstić information content (AvgIpc) is 2.38. The van der Waals surface area contributed by atoms with Crippen LogP contribution in [0.1, 0.15) is 30.6 Å². The summed E-state index contributed by atoms with van der Waals surface area (Å²) in [5, 5.41) is 23.0. The Kier molecular flexibility index (Phi) is 5.44. The summed E-state index contributed by atoms with van der Waals surface area (Å²) < 4.78 is 0. The van der Waals surface area contributed by atoms with Gasteiger partial charge in [0.1, 0.15) is 5.56 Å². The van der Waals surface area contributed by atoms with E-state index in [2.05, 4.69) is 5.32 Å². The molecule has 6 nitrogen and oxygen atoms in total. The van der Waals surface area contributed by atoms with Crippen LogP contribution in [-0.2, 0) is 0 Å². The maximum Gasteiger partial charge on any atom is 0.282 e. The van der Waals surface area contributed by atoms with E-state index in [4.69, 9.17) is 0 Å². The summed E-state index contributed by atoms with van der Waals surface area (Å²) in [6, 6.07) is 5.78. The highest BCUT2D eigenvalue weighted by Crippen LogP contribution is 2.17. The molecule has 0 heterocycles. The summed E-state index contributed by atoms with van der Waals surface area (Å²) in [5.74, 6) is -0.383. The van der Waals surface area contributed by atoms with Gasteiger partial charge in [-0.05, 0) is 18.4 Å². The van der Waals surface area contributed by atoms with Crippen LogP contribution in [0, 0.1) is 16.0 Å². The van der Waals surface area contributed by atoms with Crippen molar-refractivity contribution in [1.29, 1.82) is 0 Å². The highest BCUT2D eigenvalue weighted by atomic mass is 16.6. The van der Waals surface area contributed by atoms with E-state index in [1.165, 1.54) is 18.2 Å². The zero-order valence-electron chi connectivity index (χ0n) is 11.0. The van der Waals surface area contributed by atoms with Crippen LogP contribution >= 0.6 is 0 Å². The lowest BCUT2D eigenvalue weighted by molar-refractivity contribution is -0.385. The van der Waals surface area contributed by atoms with E-state index in [0.717, 1.165) is 0 Å². The second-order valence-corrected chi connectivity index (χ2v) is 4.63. The van der Waals surface area contributed by atoms with Gasteiger partial charge in [0, 0.05) is 12.6 Å². The molecule has 19 heavy (non-hydrogen) atoms. The lowest BCUT2D eigenvalue weighted by Gasteiger charge is -2.14. The SMILES string of the molecule is CC(C)C(O)CCNC(=O)c1ccccc1[N+](=O)[O-]. The zero-order valence-corrected chi connectivity index (χ0v) is 11.0. The van der Waals surface area contributed by atoms with Crippen molar-refractivity contribution in [2.75, 3.05) is 6.54 Å². The Morgan fingerprint density at radius 2 is 2.05 bits per heavy atom. The number of nitrogens with one attached hydrogen (secondary N) is 1. The Balaban J connectivity index is 2.62. The zero-order chi connectivity index (χ0) is 14.4. The quantitative estimate of drug-likeness (QED) is 0.605. The van der Waals surface area contributed by atoms with Crippen molar-refractivity contribution in [1.82, 2.24) is 5.32 Å². The molecule has 0 spiro atoms. The fraction of sp³-hybridized carbons (Fsp3) is 0.462. The third-order valence-corrected chi connectivity index (χ3v) is 2.84. The second-order valence-electron chi connectivity index (χ2n) is 4.63. The Morgan fingerprint density at radius 1 is 1.42 bits per heavy atom. The van der Waals surface area contributed by atoms with Crippen LogP contribution in [0.4, 0.5) is 5.69 Å². The van der Waals surface area contributed by atoms with Crippen LogP contribution in [-0.4, -0.2) is 28.6 Å². The summed E-state index contributed by atoms with van der Waals surface area (Å²) in [6.07, 6.45) is -0.0737. The number of nitro groups is 1. The number of hydrogen-bond donors (Lipinski definition) is 2. The first-order valence-electron chi connectivity index (χ1n) is 6.13. The number of hydrogen-bond acceptors (Lipinski definition) is 4. The number of para-hydroxylation sites is 1. The molecule has 0 aliphatic heterocycles. The first-order chi connectivity index (χ1) is 8.93. The molecule has 1 aromatic rings. The molecule has 0 fully saturated rings. The van der Waals surface area contributed by atoms with Gasteiger partial charge in [-0.3, -0.25) is 14.9 Å². The van der Waals surface area contributed by atoms with Gasteiger partial charge in [0.25, 0.3) is 11.6 Å². The summed E-state index contributed by atoms with van der Waals surface area (Å²) >= 11 is 0. The lowest BCUT2D eigenvalue weighted by Crippen LogP contribution is -2.29. The van der Waals surface area contributed by atoms with Gasteiger partial charge in [-0.2, -0.15) is 0 Å². The Morgan fingerprint density at radius 3 is 2.63 bits per heavy atom. The van der Waals surface area contributed by atoms with Gasteiger partial charge in [0.05, 0.1) is 11.0 Å². The van der Waals surface area contributed by atoms with Crippen LogP contribution < -0.4 is 5.32 Å². The van der Waals surface area contributed by atoms with Gasteiger partial charge < -0.3 is 10.4 Å². The fourth-order valence-corrected chi connectivity index (χ4v) is 1.59. The van der Waals surface area contributed by atoms with Crippen molar-refractivity contribution in [2.45, 2.75) is 26.4 Å². The van der Waals surface area contributed by atoms with Gasteiger partial charge in [0.15, 0.2) is 0 Å². The van der Waals surface area contributed by atoms with E-state index in [1.54, 1.807) is 6.07 Å². The molecule has 0 aliphatic carbocycles. The largest absolute Gasteiger partial charge is 0.393 e. The van der Waals surface area contributed by atoms with E-state index in [1.807, 2.05) is 13.8 Å². The number of carbonyl (C=O) groups excluding carboxylic acids is 1. The number of aliphatic hydroxyl groups excluding tert-OH is 1. The first kappa shape index (κ1) is 15.1. The molecule has 0 bridgehead atoms. The predicted molar refractivity (Wildman–Crippen MR) is 70.9 cm³/mol. The van der Waals surface area contributed by atoms with E-state index in [-0.39, 0.29) is 23.7 Å². The Labute approximate surface area is 111 Å². The van der Waals surface area contributed by atoms with Crippen LogP contribution in [0.5, 0.6) is 0 Å². The van der Waals surface area contributed by atoms with Crippen molar-refractivity contribution < 1.29 is 14.8 Å². The number of nitrogens with zero attached hydrogens (tertiary/aromatic N) is 1. The van der Waals surface area contributed by atoms with E-state index in [0.29, 0.717) is 6.42 Å². The number of aliphatic hydroxyl groups is 1. The van der Waals surface area contributed by atoms with Gasteiger partial charge >= 0.3 is 0 Å². The highest BCUT2D eigenvalue weighted by Gasteiger charge is 2.19. The molecule has 1 atom stereocenters. The molecule has 0 saturated carbocycles. The molecule has 104 valence electrons. The van der Waals surface area contributed by atoms with Gasteiger partial charge in [-0.15, -0.1) is 0 Å². The molecular weight excluding hydrogens is 248 g/mol. The molecule has 6 heteroatoms. The van der Waals surface area contributed by atoms with Crippen molar-refractivity contribution in [3.05, 3.63) is 39.9 Å². The van der Waals surface area contributed by atoms with E-state index < -0.39 is 16.9 Å². The van der Waals surface area contributed by atoms with Crippen molar-refractivity contribution in [3.8, 4) is 0 Å². The van der Waals surface area contributed by atoms with Crippen LogP contribution in [0.15, 0.2) is 24.3 Å². The minimum atomic E-state index is -0.585. The van der Waals surface area contributed by atoms with Crippen LogP contribution in [0.3, 0.4) is 0 Å². The third-order valence-electron chi connectivity index (χ3n) is 2.84. The molecular formula is C13H18N2O4. The summed E-state index contributed by atoms with van der Waals surface area (Å²) in [6.45, 7) is 4.05.